The number of amides is 3. The molecule has 0 aliphatic carbocycles. The molecule has 3 amide bonds. The summed E-state index contributed by atoms with van der Waals surface area (Å²) in [5, 5.41) is 7.53. The molecule has 0 unspecified atom stereocenters. The molecule has 2 aromatic carbocycles. The molecular formula is C24H29F3N4O3. The zero-order valence-corrected chi connectivity index (χ0v) is 19.6. The standard InChI is InChI=1S/C24H29F3N4O3/c1-5-31(14-22(34)29-19-9-7-6-8-18(19)24(25,26)27)13-21(33)28-12-20(32)30-23-16(3)10-15(2)11-17(23)4/h6-11H,5,12-14H2,1-4H3,(H,28,33)(H,29,34)(H,30,32). The zero-order chi connectivity index (χ0) is 25.5. The number of aryl methyl sites for hydroxylation is 3. The van der Waals surface area contributed by atoms with E-state index in [4.69, 9.17) is 0 Å². The van der Waals surface area contributed by atoms with E-state index in [1.807, 2.05) is 32.9 Å². The van der Waals surface area contributed by atoms with Crippen LogP contribution in [0, 0.1) is 20.8 Å². The molecule has 3 N–H and O–H groups in total. The first kappa shape index (κ1) is 26.8. The van der Waals surface area contributed by atoms with E-state index in [1.165, 1.54) is 23.1 Å². The van der Waals surface area contributed by atoms with Gasteiger partial charge in [-0.3, -0.25) is 19.3 Å². The molecule has 2 rings (SSSR count). The van der Waals surface area contributed by atoms with E-state index in [9.17, 15) is 27.6 Å². The van der Waals surface area contributed by atoms with E-state index in [2.05, 4.69) is 16.0 Å². The van der Waals surface area contributed by atoms with Crippen molar-refractivity contribution in [2.45, 2.75) is 33.9 Å². The number of carbonyl (C=O) groups excluding carboxylic acids is 3. The molecule has 0 bridgehead atoms. The van der Waals surface area contributed by atoms with Crippen LogP contribution in [0.1, 0.15) is 29.2 Å². The van der Waals surface area contributed by atoms with Gasteiger partial charge in [0, 0.05) is 5.69 Å². The summed E-state index contributed by atoms with van der Waals surface area (Å²) in [7, 11) is 0. The van der Waals surface area contributed by atoms with Gasteiger partial charge in [0.2, 0.25) is 17.7 Å². The molecular weight excluding hydrogens is 449 g/mol. The molecule has 2 aromatic rings. The number of carbonyl (C=O) groups is 3. The Labute approximate surface area is 196 Å². The fraction of sp³-hybridized carbons (Fsp3) is 0.375. The normalized spacial score (nSPS) is 11.3. The van der Waals surface area contributed by atoms with Crippen molar-refractivity contribution in [3.8, 4) is 0 Å². The van der Waals surface area contributed by atoms with Gasteiger partial charge in [0.1, 0.15) is 0 Å². The first-order valence-electron chi connectivity index (χ1n) is 10.7. The van der Waals surface area contributed by atoms with Gasteiger partial charge in [0.05, 0.1) is 30.9 Å². The first-order valence-corrected chi connectivity index (χ1v) is 10.7. The quantitative estimate of drug-likeness (QED) is 0.513. The maximum Gasteiger partial charge on any atom is 0.418 e. The molecule has 0 heterocycles. The van der Waals surface area contributed by atoms with Gasteiger partial charge in [-0.2, -0.15) is 13.2 Å². The molecule has 0 aliphatic rings. The lowest BCUT2D eigenvalue weighted by molar-refractivity contribution is -0.137. The summed E-state index contributed by atoms with van der Waals surface area (Å²) < 4.78 is 39.3. The maximum absolute atomic E-state index is 13.1. The third kappa shape index (κ3) is 7.87. The molecule has 0 atom stereocenters. The van der Waals surface area contributed by atoms with E-state index in [1.54, 1.807) is 6.92 Å². The molecule has 0 spiro atoms. The van der Waals surface area contributed by atoms with Crippen LogP contribution in [-0.4, -0.2) is 48.8 Å². The van der Waals surface area contributed by atoms with Gasteiger partial charge in [-0.15, -0.1) is 0 Å². The van der Waals surface area contributed by atoms with Crippen molar-refractivity contribution < 1.29 is 27.6 Å². The average molecular weight is 479 g/mol. The number of hydrogen-bond acceptors (Lipinski definition) is 4. The van der Waals surface area contributed by atoms with Crippen molar-refractivity contribution in [2.75, 3.05) is 36.8 Å². The predicted molar refractivity (Wildman–Crippen MR) is 124 cm³/mol. The van der Waals surface area contributed by atoms with Crippen molar-refractivity contribution in [3.05, 3.63) is 58.7 Å². The number of halogens is 3. The van der Waals surface area contributed by atoms with Crippen molar-refractivity contribution in [1.82, 2.24) is 10.2 Å². The second kappa shape index (κ2) is 11.6. The molecule has 7 nitrogen and oxygen atoms in total. The Kier molecular flexibility index (Phi) is 9.19. The number of para-hydroxylation sites is 1. The third-order valence-electron chi connectivity index (χ3n) is 5.08. The summed E-state index contributed by atoms with van der Waals surface area (Å²) in [6, 6.07) is 8.56. The van der Waals surface area contributed by atoms with Gasteiger partial charge in [0.15, 0.2) is 0 Å². The maximum atomic E-state index is 13.1. The lowest BCUT2D eigenvalue weighted by Crippen LogP contribution is -2.43. The minimum absolute atomic E-state index is 0.194. The molecule has 0 saturated carbocycles. The zero-order valence-electron chi connectivity index (χ0n) is 19.6. The topological polar surface area (TPSA) is 90.5 Å². The monoisotopic (exact) mass is 478 g/mol. The minimum atomic E-state index is -4.61. The smallest absolute Gasteiger partial charge is 0.346 e. The molecule has 184 valence electrons. The van der Waals surface area contributed by atoms with Crippen molar-refractivity contribution in [2.24, 2.45) is 0 Å². The van der Waals surface area contributed by atoms with Gasteiger partial charge in [-0.05, 0) is 50.6 Å². The van der Waals surface area contributed by atoms with Crippen LogP contribution >= 0.6 is 0 Å². The molecule has 0 saturated heterocycles. The lowest BCUT2D eigenvalue weighted by atomic mass is 10.1. The Hall–Kier alpha value is -3.40. The second-order valence-corrected chi connectivity index (χ2v) is 7.99. The van der Waals surface area contributed by atoms with E-state index in [-0.39, 0.29) is 25.3 Å². The summed E-state index contributed by atoms with van der Waals surface area (Å²) in [5.74, 6) is -1.57. The minimum Gasteiger partial charge on any atom is -0.346 e. The lowest BCUT2D eigenvalue weighted by Gasteiger charge is -2.20. The largest absolute Gasteiger partial charge is 0.418 e. The Balaban J connectivity index is 1.87. The Morgan fingerprint density at radius 3 is 2.06 bits per heavy atom. The molecule has 0 fully saturated rings. The van der Waals surface area contributed by atoms with Crippen LogP contribution in [-0.2, 0) is 20.6 Å². The summed E-state index contributed by atoms with van der Waals surface area (Å²) >= 11 is 0. The number of nitrogens with one attached hydrogen (secondary N) is 3. The summed E-state index contributed by atoms with van der Waals surface area (Å²) in [6.45, 7) is 6.99. The van der Waals surface area contributed by atoms with Crippen LogP contribution in [0.3, 0.4) is 0 Å². The summed E-state index contributed by atoms with van der Waals surface area (Å²) in [4.78, 5) is 38.3. The van der Waals surface area contributed by atoms with Gasteiger partial charge in [-0.25, -0.2) is 0 Å². The fourth-order valence-electron chi connectivity index (χ4n) is 3.51. The number of hydrogen-bond donors (Lipinski definition) is 3. The fourth-order valence-corrected chi connectivity index (χ4v) is 3.51. The van der Waals surface area contributed by atoms with Crippen molar-refractivity contribution >= 4 is 29.1 Å². The van der Waals surface area contributed by atoms with E-state index < -0.39 is 29.5 Å². The highest BCUT2D eigenvalue weighted by Gasteiger charge is 2.33. The van der Waals surface area contributed by atoms with Crippen molar-refractivity contribution in [1.29, 1.82) is 0 Å². The van der Waals surface area contributed by atoms with Crippen LogP contribution in [0.2, 0.25) is 0 Å². The van der Waals surface area contributed by atoms with Crippen LogP contribution < -0.4 is 16.0 Å². The second-order valence-electron chi connectivity index (χ2n) is 7.99. The van der Waals surface area contributed by atoms with Gasteiger partial charge in [-0.1, -0.05) is 36.8 Å². The first-order chi connectivity index (χ1) is 15.9. The highest BCUT2D eigenvalue weighted by Crippen LogP contribution is 2.34. The Morgan fingerprint density at radius 1 is 0.882 bits per heavy atom. The number of alkyl halides is 3. The van der Waals surface area contributed by atoms with Crippen molar-refractivity contribution in [3.63, 3.8) is 0 Å². The summed E-state index contributed by atoms with van der Waals surface area (Å²) in [6.07, 6.45) is -4.61. The molecule has 0 aliphatic heterocycles. The SMILES string of the molecule is CCN(CC(=O)NCC(=O)Nc1c(C)cc(C)cc1C)CC(=O)Nc1ccccc1C(F)(F)F. The highest BCUT2D eigenvalue weighted by atomic mass is 19.4. The number of anilines is 2. The molecule has 10 heteroatoms. The summed E-state index contributed by atoms with van der Waals surface area (Å²) in [5.41, 5.74) is 2.29. The number of benzene rings is 2. The number of rotatable bonds is 9. The average Bonchev–Trinajstić information content (AvgIpc) is 2.73. The molecule has 0 aromatic heterocycles. The molecule has 0 radical (unpaired) electrons. The highest BCUT2D eigenvalue weighted by molar-refractivity contribution is 5.96. The number of likely N-dealkylation sites (N-methyl/N-ethyl adjacent to an activating group) is 1. The molecule has 34 heavy (non-hydrogen) atoms. The van der Waals surface area contributed by atoms with Gasteiger partial charge in [0.25, 0.3) is 0 Å². The third-order valence-corrected chi connectivity index (χ3v) is 5.08. The van der Waals surface area contributed by atoms with Crippen LogP contribution in [0.4, 0.5) is 24.5 Å². The Morgan fingerprint density at radius 2 is 1.47 bits per heavy atom. The Bertz CT molecular complexity index is 1030. The number of nitrogens with zero attached hydrogens (tertiary/aromatic N) is 1. The van der Waals surface area contributed by atoms with Gasteiger partial charge >= 0.3 is 6.18 Å². The van der Waals surface area contributed by atoms with Crippen LogP contribution in [0.15, 0.2) is 36.4 Å². The van der Waals surface area contributed by atoms with E-state index >= 15 is 0 Å². The van der Waals surface area contributed by atoms with Crippen LogP contribution in [0.5, 0.6) is 0 Å². The van der Waals surface area contributed by atoms with E-state index in [0.717, 1.165) is 22.8 Å². The van der Waals surface area contributed by atoms with Crippen LogP contribution in [0.25, 0.3) is 0 Å². The van der Waals surface area contributed by atoms with Gasteiger partial charge < -0.3 is 16.0 Å². The predicted octanol–water partition coefficient (Wildman–Crippen LogP) is 3.65. The van der Waals surface area contributed by atoms with E-state index in [0.29, 0.717) is 12.2 Å².